The van der Waals surface area contributed by atoms with Crippen LogP contribution < -0.4 is 4.18 Å². The number of hydrogen-bond donors (Lipinski definition) is 0. The van der Waals surface area contributed by atoms with Crippen LogP contribution in [0.2, 0.25) is 0 Å². The van der Waals surface area contributed by atoms with E-state index in [0.717, 1.165) is 10.8 Å². The molecule has 0 spiro atoms. The third-order valence-electron chi connectivity index (χ3n) is 1.98. The van der Waals surface area contributed by atoms with Crippen molar-refractivity contribution in [2.45, 2.75) is 3.92 Å². The van der Waals surface area contributed by atoms with E-state index in [1.807, 2.05) is 36.4 Å². The van der Waals surface area contributed by atoms with E-state index in [4.69, 9.17) is 27.4 Å². The first-order valence-electron chi connectivity index (χ1n) is 4.46. The zero-order valence-corrected chi connectivity index (χ0v) is 10.3. The monoisotopic (exact) mass is 276 g/mol. The standard InChI is InChI=1S/C11H7Cl2FOS/c12-11(13,14)16-15-10-7-3-5-8-4-1-2-6-9(8)10/h1-7H. The molecule has 0 atom stereocenters. The van der Waals surface area contributed by atoms with Crippen molar-refractivity contribution in [1.82, 2.24) is 0 Å². The van der Waals surface area contributed by atoms with Crippen molar-refractivity contribution >= 4 is 46.0 Å². The van der Waals surface area contributed by atoms with Gasteiger partial charge in [0.15, 0.2) is 0 Å². The van der Waals surface area contributed by atoms with Crippen LogP contribution in [0, 0.1) is 0 Å². The molecule has 0 fully saturated rings. The molecule has 0 aliphatic rings. The van der Waals surface area contributed by atoms with Crippen LogP contribution in [0.1, 0.15) is 0 Å². The van der Waals surface area contributed by atoms with Crippen LogP contribution in [0.15, 0.2) is 42.5 Å². The largest absolute Gasteiger partial charge is 0.419 e. The van der Waals surface area contributed by atoms with E-state index in [9.17, 15) is 4.39 Å². The minimum Gasteiger partial charge on any atom is -0.419 e. The van der Waals surface area contributed by atoms with Crippen LogP contribution in [0.25, 0.3) is 10.8 Å². The first-order chi connectivity index (χ1) is 7.56. The maximum absolute atomic E-state index is 12.8. The smallest absolute Gasteiger partial charge is 0.340 e. The molecule has 0 unspecified atom stereocenters. The number of halogens is 3. The second-order valence-electron chi connectivity index (χ2n) is 3.09. The molecule has 0 aromatic heterocycles. The van der Waals surface area contributed by atoms with Crippen molar-refractivity contribution in [3.05, 3.63) is 42.5 Å². The summed E-state index contributed by atoms with van der Waals surface area (Å²) in [5.74, 6) is 0.534. The van der Waals surface area contributed by atoms with Crippen molar-refractivity contribution in [1.29, 1.82) is 0 Å². The molecule has 0 saturated heterocycles. The summed E-state index contributed by atoms with van der Waals surface area (Å²) in [6, 6.07) is 13.1. The summed E-state index contributed by atoms with van der Waals surface area (Å²) in [5.41, 5.74) is 0. The highest BCUT2D eigenvalue weighted by atomic mass is 35.5. The van der Waals surface area contributed by atoms with Crippen LogP contribution in [-0.2, 0) is 0 Å². The number of rotatable bonds is 3. The molecule has 0 amide bonds. The summed E-state index contributed by atoms with van der Waals surface area (Å²) >= 11 is 10.7. The molecular formula is C11H7Cl2FOS. The average molecular weight is 277 g/mol. The fraction of sp³-hybridized carbons (Fsp3) is 0.0909. The molecule has 2 rings (SSSR count). The number of benzene rings is 2. The third kappa shape index (κ3) is 2.94. The molecule has 0 N–H and O–H groups in total. The molecule has 16 heavy (non-hydrogen) atoms. The van der Waals surface area contributed by atoms with Crippen molar-refractivity contribution in [3.8, 4) is 5.75 Å². The Morgan fingerprint density at radius 3 is 2.50 bits per heavy atom. The van der Waals surface area contributed by atoms with Crippen LogP contribution in [0.4, 0.5) is 4.39 Å². The van der Waals surface area contributed by atoms with Gasteiger partial charge in [-0.25, -0.2) is 0 Å². The summed E-state index contributed by atoms with van der Waals surface area (Å²) in [6.07, 6.45) is 0. The Morgan fingerprint density at radius 2 is 1.75 bits per heavy atom. The van der Waals surface area contributed by atoms with Gasteiger partial charge in [0.25, 0.3) is 0 Å². The van der Waals surface area contributed by atoms with Gasteiger partial charge in [0, 0.05) is 5.39 Å². The molecule has 2 aromatic carbocycles. The minimum atomic E-state index is -2.45. The second-order valence-corrected chi connectivity index (χ2v) is 5.67. The van der Waals surface area contributed by atoms with Crippen molar-refractivity contribution < 1.29 is 8.57 Å². The Bertz CT molecular complexity index is 493. The van der Waals surface area contributed by atoms with E-state index >= 15 is 0 Å². The molecule has 0 radical (unpaired) electrons. The average Bonchev–Trinajstić information content (AvgIpc) is 2.25. The lowest BCUT2D eigenvalue weighted by molar-refractivity contribution is 0.493. The van der Waals surface area contributed by atoms with Gasteiger partial charge in [-0.1, -0.05) is 59.6 Å². The van der Waals surface area contributed by atoms with Gasteiger partial charge in [0.05, 0.1) is 0 Å². The number of alkyl halides is 3. The summed E-state index contributed by atoms with van der Waals surface area (Å²) in [5, 5.41) is 1.89. The predicted molar refractivity (Wildman–Crippen MR) is 67.7 cm³/mol. The molecule has 5 heteroatoms. The van der Waals surface area contributed by atoms with Gasteiger partial charge in [0.2, 0.25) is 0 Å². The highest BCUT2D eigenvalue weighted by molar-refractivity contribution is 7.98. The fourth-order valence-corrected chi connectivity index (χ4v) is 1.88. The Hall–Kier alpha value is -0.640. The minimum absolute atomic E-state index is 0.366. The Kier molecular flexibility index (Phi) is 3.47. The quantitative estimate of drug-likeness (QED) is 0.581. The molecule has 1 nitrogen and oxygen atoms in total. The third-order valence-corrected chi connectivity index (χ3v) is 2.81. The van der Waals surface area contributed by atoms with E-state index in [1.54, 1.807) is 6.07 Å². The van der Waals surface area contributed by atoms with Gasteiger partial charge in [-0.3, -0.25) is 0 Å². The molecule has 0 bridgehead atoms. The summed E-state index contributed by atoms with van der Waals surface area (Å²) < 4.78 is 15.6. The topological polar surface area (TPSA) is 9.23 Å². The SMILES string of the molecule is FC(Cl)(Cl)SOc1cccc2ccccc12. The normalized spacial score (nSPS) is 11.7. The first-order valence-corrected chi connectivity index (χ1v) is 5.96. The Morgan fingerprint density at radius 1 is 1.06 bits per heavy atom. The molecular weight excluding hydrogens is 270 g/mol. The molecule has 84 valence electrons. The fourth-order valence-electron chi connectivity index (χ4n) is 1.36. The molecule has 0 aliphatic carbocycles. The van der Waals surface area contributed by atoms with Gasteiger partial charge < -0.3 is 4.18 Å². The van der Waals surface area contributed by atoms with E-state index in [0.29, 0.717) is 17.8 Å². The van der Waals surface area contributed by atoms with Crippen molar-refractivity contribution in [3.63, 3.8) is 0 Å². The molecule has 2 aromatic rings. The number of fused-ring (bicyclic) bond motifs is 1. The maximum Gasteiger partial charge on any atom is 0.340 e. The summed E-state index contributed by atoms with van der Waals surface area (Å²) in [4.78, 5) is 0. The van der Waals surface area contributed by atoms with Gasteiger partial charge in [0.1, 0.15) is 17.8 Å². The zero-order valence-electron chi connectivity index (χ0n) is 7.99. The summed E-state index contributed by atoms with van der Waals surface area (Å²) in [7, 11) is 0. The second kappa shape index (κ2) is 4.70. The number of hydrogen-bond acceptors (Lipinski definition) is 2. The van der Waals surface area contributed by atoms with Crippen LogP contribution in [0.5, 0.6) is 5.75 Å². The van der Waals surface area contributed by atoms with Crippen LogP contribution in [0.3, 0.4) is 0 Å². The van der Waals surface area contributed by atoms with Gasteiger partial charge >= 0.3 is 3.92 Å². The van der Waals surface area contributed by atoms with E-state index in [-0.39, 0.29) is 0 Å². The predicted octanol–water partition coefficient (Wildman–Crippen LogP) is 4.93. The van der Waals surface area contributed by atoms with Gasteiger partial charge in [-0.15, -0.1) is 0 Å². The zero-order chi connectivity index (χ0) is 11.6. The van der Waals surface area contributed by atoms with Crippen LogP contribution in [-0.4, -0.2) is 3.92 Å². The molecule has 0 saturated carbocycles. The van der Waals surface area contributed by atoms with Crippen molar-refractivity contribution in [2.75, 3.05) is 0 Å². The molecule has 0 aliphatic heterocycles. The van der Waals surface area contributed by atoms with E-state index in [1.165, 1.54) is 0 Å². The highest BCUT2D eigenvalue weighted by Crippen LogP contribution is 2.39. The maximum atomic E-state index is 12.8. The summed E-state index contributed by atoms with van der Waals surface area (Å²) in [6.45, 7) is 0. The lowest BCUT2D eigenvalue weighted by atomic mass is 10.1. The first kappa shape index (κ1) is 11.8. The van der Waals surface area contributed by atoms with E-state index in [2.05, 4.69) is 0 Å². The van der Waals surface area contributed by atoms with Gasteiger partial charge in [-0.05, 0) is 11.5 Å². The lowest BCUT2D eigenvalue weighted by Crippen LogP contribution is -1.99. The van der Waals surface area contributed by atoms with Gasteiger partial charge in [-0.2, -0.15) is 4.39 Å². The van der Waals surface area contributed by atoms with Crippen molar-refractivity contribution in [2.24, 2.45) is 0 Å². The molecule has 0 heterocycles. The highest BCUT2D eigenvalue weighted by Gasteiger charge is 2.25. The Balaban J connectivity index is 2.30. The van der Waals surface area contributed by atoms with E-state index < -0.39 is 3.92 Å². The Labute approximate surface area is 107 Å². The van der Waals surface area contributed by atoms with Crippen LogP contribution >= 0.6 is 35.2 Å². The lowest BCUT2D eigenvalue weighted by Gasteiger charge is -2.10.